The second kappa shape index (κ2) is 10.6. The molecule has 3 aromatic rings. The summed E-state index contributed by atoms with van der Waals surface area (Å²) >= 11 is 0. The Hall–Kier alpha value is -4.51. The number of carbonyl (C=O) groups excluding carboxylic acids is 2. The van der Waals surface area contributed by atoms with Crippen LogP contribution in [-0.2, 0) is 20.7 Å². The van der Waals surface area contributed by atoms with E-state index >= 15 is 0 Å². The number of carbonyl (C=O) groups is 3. The Morgan fingerprint density at radius 1 is 0.971 bits per heavy atom. The molecule has 0 fully saturated rings. The fourth-order valence-electron chi connectivity index (χ4n) is 4.30. The first-order chi connectivity index (χ1) is 17.0. The zero-order chi connectivity index (χ0) is 24.8. The third-order valence-electron chi connectivity index (χ3n) is 5.98. The first-order valence-electron chi connectivity index (χ1n) is 11.2. The summed E-state index contributed by atoms with van der Waals surface area (Å²) in [6.45, 7) is 0.0888. The quantitative estimate of drug-likeness (QED) is 0.358. The van der Waals surface area contributed by atoms with Crippen LogP contribution >= 0.6 is 0 Å². The highest BCUT2D eigenvalue weighted by Gasteiger charge is 2.30. The van der Waals surface area contributed by atoms with Crippen LogP contribution in [0, 0.1) is 12.3 Å². The molecule has 0 aliphatic heterocycles. The number of hydrogen-bond donors (Lipinski definition) is 4. The maximum Gasteiger partial charge on any atom is 0.407 e. The second-order valence-corrected chi connectivity index (χ2v) is 8.23. The molecule has 4 rings (SSSR count). The first-order valence-corrected chi connectivity index (χ1v) is 11.2. The van der Waals surface area contributed by atoms with Gasteiger partial charge in [-0.25, -0.2) is 9.59 Å². The van der Waals surface area contributed by atoms with E-state index in [9.17, 15) is 19.5 Å². The number of aromatic nitrogens is 1. The number of nitrogens with one attached hydrogen (secondary N) is 3. The summed E-state index contributed by atoms with van der Waals surface area (Å²) in [5, 5.41) is 14.3. The topological polar surface area (TPSA) is 121 Å². The number of fused-ring (bicyclic) bond motifs is 3. The molecule has 4 N–H and O–H groups in total. The Kier molecular flexibility index (Phi) is 7.17. The lowest BCUT2D eigenvalue weighted by Crippen LogP contribution is -2.52. The van der Waals surface area contributed by atoms with Crippen molar-refractivity contribution in [2.75, 3.05) is 6.61 Å². The van der Waals surface area contributed by atoms with Crippen LogP contribution in [0.15, 0.2) is 66.9 Å². The minimum absolute atomic E-state index is 0.0888. The zero-order valence-electron chi connectivity index (χ0n) is 18.9. The van der Waals surface area contributed by atoms with E-state index in [2.05, 4.69) is 21.5 Å². The van der Waals surface area contributed by atoms with E-state index in [0.29, 0.717) is 5.69 Å². The number of ether oxygens (including phenoxy) is 1. The number of terminal acetylenes is 1. The molecule has 2 amide bonds. The van der Waals surface area contributed by atoms with E-state index in [1.165, 1.54) is 0 Å². The standard InChI is InChI=1S/C27H25N3O5/c1-2-8-23(26(32)33)29-25(31)24(15-17-9-7-14-28-17)30-27(34)35-16-22-20-12-5-3-10-18(20)19-11-4-6-13-21(19)22/h1,3-7,9-14,22-24,28H,8,15-16H2,(H,29,31)(H,30,34)(H,32,33). The van der Waals surface area contributed by atoms with Crippen LogP contribution in [0.5, 0.6) is 0 Å². The third-order valence-corrected chi connectivity index (χ3v) is 5.98. The van der Waals surface area contributed by atoms with E-state index in [1.807, 2.05) is 48.5 Å². The third kappa shape index (κ3) is 5.36. The van der Waals surface area contributed by atoms with Gasteiger partial charge in [-0.05, 0) is 34.4 Å². The van der Waals surface area contributed by atoms with Crippen molar-refractivity contribution in [1.29, 1.82) is 0 Å². The number of rotatable bonds is 9. The van der Waals surface area contributed by atoms with Gasteiger partial charge in [0.05, 0.1) is 0 Å². The number of benzene rings is 2. The van der Waals surface area contributed by atoms with Crippen molar-refractivity contribution < 1.29 is 24.2 Å². The summed E-state index contributed by atoms with van der Waals surface area (Å²) in [5.41, 5.74) is 5.04. The number of aromatic amines is 1. The number of alkyl carbamates (subject to hydrolysis) is 1. The van der Waals surface area contributed by atoms with Gasteiger partial charge in [-0.1, -0.05) is 48.5 Å². The normalized spacial score (nSPS) is 13.6. The van der Waals surface area contributed by atoms with E-state index in [1.54, 1.807) is 18.3 Å². The fourth-order valence-corrected chi connectivity index (χ4v) is 4.30. The van der Waals surface area contributed by atoms with Gasteiger partial charge in [0.25, 0.3) is 0 Å². The van der Waals surface area contributed by atoms with Gasteiger partial charge in [-0.3, -0.25) is 4.79 Å². The summed E-state index contributed by atoms with van der Waals surface area (Å²) in [6, 6.07) is 17.1. The first kappa shape index (κ1) is 23.6. The highest BCUT2D eigenvalue weighted by atomic mass is 16.5. The second-order valence-electron chi connectivity index (χ2n) is 8.23. The molecule has 8 nitrogen and oxygen atoms in total. The number of aliphatic carboxylic acids is 1. The Morgan fingerprint density at radius 3 is 2.20 bits per heavy atom. The molecule has 1 aliphatic carbocycles. The van der Waals surface area contributed by atoms with Crippen LogP contribution in [0.3, 0.4) is 0 Å². The van der Waals surface area contributed by atoms with Crippen LogP contribution < -0.4 is 10.6 Å². The summed E-state index contributed by atoms with van der Waals surface area (Å²) < 4.78 is 5.55. The van der Waals surface area contributed by atoms with Gasteiger partial charge in [0.15, 0.2) is 0 Å². The molecular weight excluding hydrogens is 446 g/mol. The molecule has 8 heteroatoms. The summed E-state index contributed by atoms with van der Waals surface area (Å²) in [7, 11) is 0. The summed E-state index contributed by atoms with van der Waals surface area (Å²) in [4.78, 5) is 40.0. The zero-order valence-corrected chi connectivity index (χ0v) is 18.9. The minimum atomic E-state index is -1.26. The number of amides is 2. The van der Waals surface area contributed by atoms with Crippen molar-refractivity contribution in [3.05, 3.63) is 83.7 Å². The summed E-state index contributed by atoms with van der Waals surface area (Å²) in [5.74, 6) is 0.181. The average molecular weight is 472 g/mol. The average Bonchev–Trinajstić information content (AvgIpc) is 3.48. The smallest absolute Gasteiger partial charge is 0.407 e. The Balaban J connectivity index is 1.45. The number of carboxylic acid groups (broad SMARTS) is 1. The van der Waals surface area contributed by atoms with Crippen molar-refractivity contribution >= 4 is 18.0 Å². The number of H-pyrrole nitrogens is 1. The molecule has 0 radical (unpaired) electrons. The van der Waals surface area contributed by atoms with Crippen molar-refractivity contribution in [2.45, 2.75) is 30.8 Å². The molecule has 0 saturated carbocycles. The van der Waals surface area contributed by atoms with E-state index in [0.717, 1.165) is 22.3 Å². The van der Waals surface area contributed by atoms with Gasteiger partial charge in [-0.15, -0.1) is 12.3 Å². The largest absolute Gasteiger partial charge is 0.480 e. The summed E-state index contributed by atoms with van der Waals surface area (Å²) in [6.07, 6.45) is 6.07. The maximum absolute atomic E-state index is 12.9. The lowest BCUT2D eigenvalue weighted by molar-refractivity contribution is -0.141. The number of carboxylic acids is 1. The monoisotopic (exact) mass is 471 g/mol. The highest BCUT2D eigenvalue weighted by Crippen LogP contribution is 2.44. The molecule has 0 spiro atoms. The van der Waals surface area contributed by atoms with Gasteiger partial charge in [-0.2, -0.15) is 0 Å². The van der Waals surface area contributed by atoms with E-state index in [-0.39, 0.29) is 25.4 Å². The highest BCUT2D eigenvalue weighted by molar-refractivity contribution is 5.89. The van der Waals surface area contributed by atoms with Crippen molar-refractivity contribution in [1.82, 2.24) is 15.6 Å². The lowest BCUT2D eigenvalue weighted by Gasteiger charge is -2.21. The molecule has 0 bridgehead atoms. The molecule has 178 valence electrons. The van der Waals surface area contributed by atoms with Gasteiger partial charge >= 0.3 is 12.1 Å². The fraction of sp³-hybridized carbons (Fsp3) is 0.222. The molecule has 1 aromatic heterocycles. The Labute approximate surface area is 202 Å². The molecule has 1 heterocycles. The van der Waals surface area contributed by atoms with Gasteiger partial charge in [0.1, 0.15) is 18.7 Å². The Morgan fingerprint density at radius 2 is 1.63 bits per heavy atom. The van der Waals surface area contributed by atoms with Crippen molar-refractivity contribution in [2.24, 2.45) is 0 Å². The van der Waals surface area contributed by atoms with Crippen molar-refractivity contribution in [3.8, 4) is 23.5 Å². The number of hydrogen-bond acceptors (Lipinski definition) is 4. The predicted molar refractivity (Wildman–Crippen MR) is 130 cm³/mol. The van der Waals surface area contributed by atoms with Crippen LogP contribution in [-0.4, -0.2) is 46.8 Å². The van der Waals surface area contributed by atoms with Crippen LogP contribution in [0.4, 0.5) is 4.79 Å². The van der Waals surface area contributed by atoms with Crippen LogP contribution in [0.1, 0.15) is 29.2 Å². The van der Waals surface area contributed by atoms with Crippen molar-refractivity contribution in [3.63, 3.8) is 0 Å². The molecule has 2 atom stereocenters. The molecular formula is C27H25N3O5. The van der Waals surface area contributed by atoms with Gasteiger partial charge < -0.3 is 25.5 Å². The van der Waals surface area contributed by atoms with E-state index in [4.69, 9.17) is 11.2 Å². The van der Waals surface area contributed by atoms with Gasteiger partial charge in [0.2, 0.25) is 5.91 Å². The van der Waals surface area contributed by atoms with Crippen LogP contribution in [0.25, 0.3) is 11.1 Å². The van der Waals surface area contributed by atoms with Gasteiger partial charge in [0, 0.05) is 30.7 Å². The molecule has 2 aromatic carbocycles. The van der Waals surface area contributed by atoms with Crippen LogP contribution in [0.2, 0.25) is 0 Å². The minimum Gasteiger partial charge on any atom is -0.480 e. The molecule has 0 saturated heterocycles. The molecule has 35 heavy (non-hydrogen) atoms. The van der Waals surface area contributed by atoms with E-state index < -0.39 is 30.1 Å². The predicted octanol–water partition coefficient (Wildman–Crippen LogP) is 3.06. The maximum atomic E-state index is 12.9. The molecule has 1 aliphatic rings. The Bertz CT molecular complexity index is 1220. The lowest BCUT2D eigenvalue weighted by atomic mass is 9.98. The SMILES string of the molecule is C#CCC(NC(=O)C(Cc1ccc[nH]1)NC(=O)OCC1c2ccccc2-c2ccccc21)C(=O)O. The molecule has 2 unspecified atom stereocenters.